The number of hydrogen-bond acceptors (Lipinski definition) is 5. The van der Waals surface area contributed by atoms with Gasteiger partial charge in [-0.2, -0.15) is 0 Å². The topological polar surface area (TPSA) is 63.7 Å². The lowest BCUT2D eigenvalue weighted by molar-refractivity contribution is 0.102. The van der Waals surface area contributed by atoms with Crippen LogP contribution in [0.25, 0.3) is 0 Å². The number of aromatic nitrogens is 1. The minimum absolute atomic E-state index is 0.149. The third-order valence-corrected chi connectivity index (χ3v) is 5.08. The number of pyridine rings is 1. The molecule has 0 saturated heterocycles. The summed E-state index contributed by atoms with van der Waals surface area (Å²) in [5.41, 5.74) is 3.77. The Balaban J connectivity index is 1.54. The fourth-order valence-corrected chi connectivity index (χ4v) is 3.54. The highest BCUT2D eigenvalue weighted by molar-refractivity contribution is 6.04. The molecule has 0 saturated carbocycles. The molecule has 148 valence electrons. The summed E-state index contributed by atoms with van der Waals surface area (Å²) in [4.78, 5) is 19.3. The number of nitrogens with one attached hydrogen (secondary N) is 1. The Hall–Kier alpha value is -3.54. The van der Waals surface area contributed by atoms with E-state index in [4.69, 9.17) is 9.47 Å². The number of methoxy groups -OCH3 is 2. The smallest absolute Gasteiger partial charge is 0.255 e. The molecule has 0 fully saturated rings. The second-order valence-corrected chi connectivity index (χ2v) is 6.87. The van der Waals surface area contributed by atoms with E-state index in [0.29, 0.717) is 12.1 Å². The lowest BCUT2D eigenvalue weighted by Gasteiger charge is -2.30. The molecule has 0 atom stereocenters. The summed E-state index contributed by atoms with van der Waals surface area (Å²) in [6.45, 7) is 1.52. The molecule has 29 heavy (non-hydrogen) atoms. The Labute approximate surface area is 170 Å². The first-order chi connectivity index (χ1) is 14.2. The number of carbonyl (C=O) groups is 1. The molecular weight excluding hydrogens is 366 g/mol. The predicted molar refractivity (Wildman–Crippen MR) is 113 cm³/mol. The van der Waals surface area contributed by atoms with Crippen molar-refractivity contribution in [2.24, 2.45) is 0 Å². The van der Waals surface area contributed by atoms with Crippen LogP contribution in [0.4, 0.5) is 11.5 Å². The molecule has 1 N–H and O–H groups in total. The summed E-state index contributed by atoms with van der Waals surface area (Å²) in [6.07, 6.45) is 2.55. The minimum Gasteiger partial charge on any atom is -0.493 e. The minimum atomic E-state index is -0.149. The van der Waals surface area contributed by atoms with Gasteiger partial charge >= 0.3 is 0 Å². The molecule has 0 bridgehead atoms. The number of fused-ring (bicyclic) bond motifs is 1. The molecule has 1 amide bonds. The third kappa shape index (κ3) is 4.01. The lowest BCUT2D eigenvalue weighted by atomic mass is 9.98. The van der Waals surface area contributed by atoms with E-state index >= 15 is 0 Å². The highest BCUT2D eigenvalue weighted by Crippen LogP contribution is 2.34. The predicted octanol–water partition coefficient (Wildman–Crippen LogP) is 3.91. The van der Waals surface area contributed by atoms with Gasteiger partial charge in [-0.3, -0.25) is 4.79 Å². The summed E-state index contributed by atoms with van der Waals surface area (Å²) < 4.78 is 10.8. The largest absolute Gasteiger partial charge is 0.493 e. The zero-order valence-corrected chi connectivity index (χ0v) is 16.5. The van der Waals surface area contributed by atoms with Crippen molar-refractivity contribution in [2.45, 2.75) is 13.0 Å². The molecule has 1 aliphatic heterocycles. The van der Waals surface area contributed by atoms with Crippen LogP contribution in [0.2, 0.25) is 0 Å². The number of anilines is 2. The van der Waals surface area contributed by atoms with E-state index in [2.05, 4.69) is 15.2 Å². The van der Waals surface area contributed by atoms with Gasteiger partial charge in [-0.15, -0.1) is 0 Å². The number of nitrogens with zero attached hydrogens (tertiary/aromatic N) is 2. The standard InChI is InChI=1S/C23H23N3O3/c1-28-20-12-16-9-11-26(15-18(16)13-21(20)29-2)22-14-17(8-10-24-22)23(27)25-19-6-4-3-5-7-19/h3-8,10,12-14H,9,11,15H2,1-2H3,(H,25,27). The molecule has 4 rings (SSSR count). The van der Waals surface area contributed by atoms with E-state index < -0.39 is 0 Å². The number of benzene rings is 2. The second-order valence-electron chi connectivity index (χ2n) is 6.87. The van der Waals surface area contributed by atoms with Crippen molar-refractivity contribution in [1.29, 1.82) is 0 Å². The van der Waals surface area contributed by atoms with Crippen molar-refractivity contribution >= 4 is 17.4 Å². The van der Waals surface area contributed by atoms with Gasteiger partial charge in [-0.1, -0.05) is 18.2 Å². The zero-order valence-electron chi connectivity index (χ0n) is 16.5. The monoisotopic (exact) mass is 389 g/mol. The quantitative estimate of drug-likeness (QED) is 0.717. The van der Waals surface area contributed by atoms with Crippen LogP contribution in [0, 0.1) is 0 Å². The van der Waals surface area contributed by atoms with Gasteiger partial charge in [0.25, 0.3) is 5.91 Å². The molecule has 0 aliphatic carbocycles. The van der Waals surface area contributed by atoms with Gasteiger partial charge in [-0.05, 0) is 53.9 Å². The molecular formula is C23H23N3O3. The first-order valence-electron chi connectivity index (χ1n) is 9.49. The number of hydrogen-bond donors (Lipinski definition) is 1. The Kier molecular flexibility index (Phi) is 5.33. The van der Waals surface area contributed by atoms with Crippen LogP contribution in [0.1, 0.15) is 21.5 Å². The molecule has 0 spiro atoms. The van der Waals surface area contributed by atoms with Gasteiger partial charge in [0.2, 0.25) is 0 Å². The normalized spacial score (nSPS) is 12.8. The maximum Gasteiger partial charge on any atom is 0.255 e. The average molecular weight is 389 g/mol. The fraction of sp³-hybridized carbons (Fsp3) is 0.217. The van der Waals surface area contributed by atoms with Crippen molar-refractivity contribution in [3.8, 4) is 11.5 Å². The lowest BCUT2D eigenvalue weighted by Crippen LogP contribution is -2.31. The van der Waals surface area contributed by atoms with Crippen LogP contribution in [0.3, 0.4) is 0 Å². The molecule has 1 aromatic heterocycles. The zero-order chi connectivity index (χ0) is 20.2. The first kappa shape index (κ1) is 18.8. The number of carbonyl (C=O) groups excluding carboxylic acids is 1. The van der Waals surface area contributed by atoms with Crippen LogP contribution >= 0.6 is 0 Å². The Morgan fingerprint density at radius 2 is 1.72 bits per heavy atom. The van der Waals surface area contributed by atoms with Crippen molar-refractivity contribution in [3.05, 3.63) is 77.5 Å². The van der Waals surface area contributed by atoms with Gasteiger partial charge < -0.3 is 19.7 Å². The molecule has 0 unspecified atom stereocenters. The number of rotatable bonds is 5. The highest BCUT2D eigenvalue weighted by Gasteiger charge is 2.21. The van der Waals surface area contributed by atoms with Gasteiger partial charge in [0.1, 0.15) is 5.82 Å². The van der Waals surface area contributed by atoms with Gasteiger partial charge in [0, 0.05) is 30.5 Å². The molecule has 2 heterocycles. The molecule has 0 radical (unpaired) electrons. The maximum atomic E-state index is 12.6. The van der Waals surface area contributed by atoms with Crippen LogP contribution in [-0.4, -0.2) is 31.7 Å². The first-order valence-corrected chi connectivity index (χ1v) is 9.49. The van der Waals surface area contributed by atoms with Gasteiger partial charge in [-0.25, -0.2) is 4.98 Å². The van der Waals surface area contributed by atoms with Crippen molar-refractivity contribution < 1.29 is 14.3 Å². The summed E-state index contributed by atoms with van der Waals surface area (Å²) in [5, 5.41) is 2.92. The van der Waals surface area contributed by atoms with Crippen molar-refractivity contribution in [2.75, 3.05) is 31.0 Å². The maximum absolute atomic E-state index is 12.6. The molecule has 2 aromatic carbocycles. The van der Waals surface area contributed by atoms with Gasteiger partial charge in [0.15, 0.2) is 11.5 Å². The molecule has 1 aliphatic rings. The summed E-state index contributed by atoms with van der Waals surface area (Å²) in [5.74, 6) is 2.10. The number of para-hydroxylation sites is 1. The summed E-state index contributed by atoms with van der Waals surface area (Å²) in [6, 6.07) is 17.1. The van der Waals surface area contributed by atoms with Crippen molar-refractivity contribution in [3.63, 3.8) is 0 Å². The van der Waals surface area contributed by atoms with Crippen LogP contribution < -0.4 is 19.7 Å². The molecule has 6 heteroatoms. The van der Waals surface area contributed by atoms with Crippen LogP contribution in [-0.2, 0) is 13.0 Å². The SMILES string of the molecule is COc1cc2c(cc1OC)CN(c1cc(C(=O)Nc3ccccc3)ccn1)CC2. The Morgan fingerprint density at radius 1 is 1.00 bits per heavy atom. The Bertz CT molecular complexity index is 1020. The second kappa shape index (κ2) is 8.22. The van der Waals surface area contributed by atoms with E-state index in [1.165, 1.54) is 11.1 Å². The fourth-order valence-electron chi connectivity index (χ4n) is 3.54. The average Bonchev–Trinajstić information content (AvgIpc) is 2.78. The van der Waals surface area contributed by atoms with Crippen LogP contribution in [0.5, 0.6) is 11.5 Å². The number of ether oxygens (including phenoxy) is 2. The Morgan fingerprint density at radius 3 is 2.45 bits per heavy atom. The van der Waals surface area contributed by atoms with Crippen molar-refractivity contribution in [1.82, 2.24) is 4.98 Å². The summed E-state index contributed by atoms with van der Waals surface area (Å²) >= 11 is 0. The van der Waals surface area contributed by atoms with Gasteiger partial charge in [0.05, 0.1) is 14.2 Å². The van der Waals surface area contributed by atoms with Crippen LogP contribution in [0.15, 0.2) is 60.8 Å². The van der Waals surface area contributed by atoms with E-state index in [9.17, 15) is 4.79 Å². The van der Waals surface area contributed by atoms with E-state index in [0.717, 1.165) is 36.0 Å². The molecule has 3 aromatic rings. The van der Waals surface area contributed by atoms with E-state index in [1.807, 2.05) is 48.5 Å². The highest BCUT2D eigenvalue weighted by atomic mass is 16.5. The summed E-state index contributed by atoms with van der Waals surface area (Å²) in [7, 11) is 3.29. The number of amides is 1. The van der Waals surface area contributed by atoms with E-state index in [-0.39, 0.29) is 5.91 Å². The van der Waals surface area contributed by atoms with E-state index in [1.54, 1.807) is 26.5 Å². The molecule has 6 nitrogen and oxygen atoms in total. The third-order valence-electron chi connectivity index (χ3n) is 5.08.